The van der Waals surface area contributed by atoms with Crippen molar-refractivity contribution < 1.29 is 9.32 Å². The number of aromatic nitrogens is 3. The highest BCUT2D eigenvalue weighted by molar-refractivity contribution is 5.93. The predicted octanol–water partition coefficient (Wildman–Crippen LogP) is 1.52. The zero-order valence-corrected chi connectivity index (χ0v) is 11.5. The molecule has 0 aromatic carbocycles. The second-order valence-electron chi connectivity index (χ2n) is 4.28. The molecule has 7 nitrogen and oxygen atoms in total. The Morgan fingerprint density at radius 2 is 2.25 bits per heavy atom. The zero-order valence-electron chi connectivity index (χ0n) is 11.5. The minimum atomic E-state index is -0.226. The van der Waals surface area contributed by atoms with Gasteiger partial charge in [-0.25, -0.2) is 4.98 Å². The van der Waals surface area contributed by atoms with Gasteiger partial charge in [-0.2, -0.15) is 4.98 Å². The summed E-state index contributed by atoms with van der Waals surface area (Å²) in [4.78, 5) is 20.1. The van der Waals surface area contributed by atoms with Crippen LogP contribution in [0.1, 0.15) is 35.4 Å². The first-order valence-corrected chi connectivity index (χ1v) is 6.46. The molecular formula is C13H17N5O2. The van der Waals surface area contributed by atoms with Crippen molar-refractivity contribution in [2.24, 2.45) is 0 Å². The number of pyridine rings is 1. The van der Waals surface area contributed by atoms with Crippen LogP contribution in [0.5, 0.6) is 0 Å². The molecule has 1 amide bonds. The summed E-state index contributed by atoms with van der Waals surface area (Å²) in [7, 11) is 0. The van der Waals surface area contributed by atoms with Crippen LogP contribution >= 0.6 is 0 Å². The van der Waals surface area contributed by atoms with Crippen molar-refractivity contribution in [3.63, 3.8) is 0 Å². The first kappa shape index (κ1) is 14.0. The Kier molecular flexibility index (Phi) is 4.65. The first-order valence-electron chi connectivity index (χ1n) is 6.46. The number of rotatable bonds is 6. The molecule has 2 heterocycles. The lowest BCUT2D eigenvalue weighted by Gasteiger charge is -2.05. The highest BCUT2D eigenvalue weighted by atomic mass is 16.5. The van der Waals surface area contributed by atoms with Crippen LogP contribution in [-0.2, 0) is 6.54 Å². The summed E-state index contributed by atoms with van der Waals surface area (Å²) in [5.41, 5.74) is 0.489. The number of anilines is 1. The number of hydrogen-bond acceptors (Lipinski definition) is 6. The molecule has 0 fully saturated rings. The van der Waals surface area contributed by atoms with Crippen LogP contribution in [0.3, 0.4) is 0 Å². The third-order valence-corrected chi connectivity index (χ3v) is 2.55. The summed E-state index contributed by atoms with van der Waals surface area (Å²) >= 11 is 0. The highest BCUT2D eigenvalue weighted by Crippen LogP contribution is 2.05. The van der Waals surface area contributed by atoms with E-state index in [1.807, 2.05) is 0 Å². The molecule has 20 heavy (non-hydrogen) atoms. The van der Waals surface area contributed by atoms with Gasteiger partial charge in [0.2, 0.25) is 5.89 Å². The molecule has 0 aliphatic heterocycles. The molecule has 2 aromatic heterocycles. The van der Waals surface area contributed by atoms with Crippen LogP contribution < -0.4 is 10.6 Å². The van der Waals surface area contributed by atoms with Gasteiger partial charge in [0.25, 0.3) is 5.91 Å². The number of aryl methyl sites for hydroxylation is 1. The van der Waals surface area contributed by atoms with Crippen molar-refractivity contribution in [3.05, 3.63) is 35.6 Å². The molecule has 0 saturated heterocycles. The van der Waals surface area contributed by atoms with E-state index in [0.717, 1.165) is 18.8 Å². The van der Waals surface area contributed by atoms with Gasteiger partial charge in [0.05, 0.1) is 12.1 Å². The first-order chi connectivity index (χ1) is 9.69. The number of carbonyl (C=O) groups is 1. The molecule has 2 N–H and O–H groups in total. The van der Waals surface area contributed by atoms with Crippen LogP contribution in [0.2, 0.25) is 0 Å². The molecule has 0 unspecified atom stereocenters. The molecule has 106 valence electrons. The van der Waals surface area contributed by atoms with E-state index in [1.54, 1.807) is 19.1 Å². The second kappa shape index (κ2) is 6.65. The van der Waals surface area contributed by atoms with Crippen LogP contribution in [0.4, 0.5) is 5.82 Å². The summed E-state index contributed by atoms with van der Waals surface area (Å²) in [6.45, 7) is 4.86. The number of nitrogens with zero attached hydrogens (tertiary/aromatic N) is 3. The predicted molar refractivity (Wildman–Crippen MR) is 73.2 cm³/mol. The summed E-state index contributed by atoms with van der Waals surface area (Å²) in [6.07, 6.45) is 2.56. The standard InChI is InChI=1S/C13H17N5O2/c1-3-6-14-11-5-4-10(7-15-11)13(19)16-8-12-17-9(2)18-20-12/h4-5,7H,3,6,8H2,1-2H3,(H,14,15)(H,16,19). The van der Waals surface area contributed by atoms with Gasteiger partial charge >= 0.3 is 0 Å². The fourth-order valence-electron chi connectivity index (χ4n) is 1.56. The lowest BCUT2D eigenvalue weighted by molar-refractivity contribution is 0.0946. The molecule has 2 rings (SSSR count). The number of amides is 1. The summed E-state index contributed by atoms with van der Waals surface area (Å²) < 4.78 is 4.91. The van der Waals surface area contributed by atoms with Crippen molar-refractivity contribution in [2.45, 2.75) is 26.8 Å². The molecule has 0 saturated carbocycles. The van der Waals surface area contributed by atoms with Crippen LogP contribution in [-0.4, -0.2) is 27.6 Å². The molecule has 0 aliphatic rings. The molecule has 0 radical (unpaired) electrons. The van der Waals surface area contributed by atoms with Gasteiger partial charge in [-0.15, -0.1) is 0 Å². The number of nitrogens with one attached hydrogen (secondary N) is 2. The number of carbonyl (C=O) groups excluding carboxylic acids is 1. The number of hydrogen-bond donors (Lipinski definition) is 2. The van der Waals surface area contributed by atoms with E-state index >= 15 is 0 Å². The van der Waals surface area contributed by atoms with E-state index in [9.17, 15) is 4.79 Å². The third-order valence-electron chi connectivity index (χ3n) is 2.55. The average Bonchev–Trinajstić information content (AvgIpc) is 2.89. The van der Waals surface area contributed by atoms with Crippen molar-refractivity contribution in [3.8, 4) is 0 Å². The fourth-order valence-corrected chi connectivity index (χ4v) is 1.56. The van der Waals surface area contributed by atoms with Crippen molar-refractivity contribution in [2.75, 3.05) is 11.9 Å². The molecular weight excluding hydrogens is 258 g/mol. The zero-order chi connectivity index (χ0) is 14.4. The fraction of sp³-hybridized carbons (Fsp3) is 0.385. The van der Waals surface area contributed by atoms with E-state index in [2.05, 4.69) is 32.7 Å². The second-order valence-corrected chi connectivity index (χ2v) is 4.28. The maximum absolute atomic E-state index is 11.9. The summed E-state index contributed by atoms with van der Waals surface area (Å²) in [5, 5.41) is 9.49. The molecule has 2 aromatic rings. The Morgan fingerprint density at radius 3 is 2.85 bits per heavy atom. The Bertz CT molecular complexity index is 564. The Labute approximate surface area is 116 Å². The minimum Gasteiger partial charge on any atom is -0.370 e. The van der Waals surface area contributed by atoms with Crippen LogP contribution in [0.15, 0.2) is 22.9 Å². The van der Waals surface area contributed by atoms with Crippen LogP contribution in [0, 0.1) is 6.92 Å². The SMILES string of the molecule is CCCNc1ccc(C(=O)NCc2nc(C)no2)cn1. The van der Waals surface area contributed by atoms with E-state index in [-0.39, 0.29) is 12.5 Å². The normalized spacial score (nSPS) is 10.3. The topological polar surface area (TPSA) is 92.9 Å². The highest BCUT2D eigenvalue weighted by Gasteiger charge is 2.08. The molecule has 0 aliphatic carbocycles. The van der Waals surface area contributed by atoms with E-state index in [0.29, 0.717) is 17.3 Å². The van der Waals surface area contributed by atoms with E-state index in [1.165, 1.54) is 6.20 Å². The Hall–Kier alpha value is -2.44. The maximum Gasteiger partial charge on any atom is 0.253 e. The molecule has 0 spiro atoms. The van der Waals surface area contributed by atoms with Gasteiger partial charge in [-0.1, -0.05) is 12.1 Å². The molecule has 0 atom stereocenters. The largest absolute Gasteiger partial charge is 0.370 e. The maximum atomic E-state index is 11.9. The Balaban J connectivity index is 1.88. The molecule has 7 heteroatoms. The lowest BCUT2D eigenvalue weighted by atomic mass is 10.2. The Morgan fingerprint density at radius 1 is 1.40 bits per heavy atom. The smallest absolute Gasteiger partial charge is 0.253 e. The van der Waals surface area contributed by atoms with Gasteiger partial charge < -0.3 is 15.2 Å². The molecule has 0 bridgehead atoms. The van der Waals surface area contributed by atoms with Gasteiger partial charge in [-0.05, 0) is 25.5 Å². The minimum absolute atomic E-state index is 0.204. The third kappa shape index (κ3) is 3.78. The average molecular weight is 275 g/mol. The monoisotopic (exact) mass is 275 g/mol. The van der Waals surface area contributed by atoms with Gasteiger partial charge in [-0.3, -0.25) is 4.79 Å². The summed E-state index contributed by atoms with van der Waals surface area (Å²) in [6, 6.07) is 3.50. The van der Waals surface area contributed by atoms with E-state index in [4.69, 9.17) is 4.52 Å². The van der Waals surface area contributed by atoms with Gasteiger partial charge in [0, 0.05) is 12.7 Å². The summed E-state index contributed by atoms with van der Waals surface area (Å²) in [5.74, 6) is 1.46. The van der Waals surface area contributed by atoms with Gasteiger partial charge in [0.1, 0.15) is 5.82 Å². The van der Waals surface area contributed by atoms with Crippen LogP contribution in [0.25, 0.3) is 0 Å². The van der Waals surface area contributed by atoms with Crippen molar-refractivity contribution >= 4 is 11.7 Å². The quantitative estimate of drug-likeness (QED) is 0.830. The van der Waals surface area contributed by atoms with Crippen molar-refractivity contribution in [1.82, 2.24) is 20.4 Å². The lowest BCUT2D eigenvalue weighted by Crippen LogP contribution is -2.23. The van der Waals surface area contributed by atoms with Gasteiger partial charge in [0.15, 0.2) is 5.82 Å². The van der Waals surface area contributed by atoms with Crippen molar-refractivity contribution in [1.29, 1.82) is 0 Å². The van der Waals surface area contributed by atoms with E-state index < -0.39 is 0 Å².